The van der Waals surface area contributed by atoms with E-state index in [1.165, 1.54) is 11.3 Å². The van der Waals surface area contributed by atoms with Gasteiger partial charge in [-0.3, -0.25) is 9.36 Å². The van der Waals surface area contributed by atoms with Crippen LogP contribution in [0.1, 0.15) is 29.0 Å². The van der Waals surface area contributed by atoms with Gasteiger partial charge in [0.2, 0.25) is 0 Å². The van der Waals surface area contributed by atoms with Crippen molar-refractivity contribution in [1.82, 2.24) is 9.55 Å². The van der Waals surface area contributed by atoms with E-state index >= 15 is 0 Å². The van der Waals surface area contributed by atoms with Gasteiger partial charge in [0.1, 0.15) is 11.7 Å². The third-order valence-electron chi connectivity index (χ3n) is 5.58. The number of nitriles is 1. The van der Waals surface area contributed by atoms with Crippen LogP contribution >= 0.6 is 0 Å². The molecule has 0 saturated carbocycles. The van der Waals surface area contributed by atoms with Crippen LogP contribution in [-0.4, -0.2) is 28.0 Å². The van der Waals surface area contributed by atoms with Crippen LogP contribution in [0, 0.1) is 11.3 Å². The minimum atomic E-state index is -0.518. The summed E-state index contributed by atoms with van der Waals surface area (Å²) in [5.74, 6) is -0.114. The van der Waals surface area contributed by atoms with Gasteiger partial charge in [-0.15, -0.1) is 0 Å². The Morgan fingerprint density at radius 1 is 1.19 bits per heavy atom. The number of hydrogen-bond donors (Lipinski definition) is 0. The maximum absolute atomic E-state index is 12.9. The topological polar surface area (TPSA) is 61.9 Å². The van der Waals surface area contributed by atoms with Crippen LogP contribution in [0.15, 0.2) is 60.2 Å². The molecular weight excluding hydrogens is 336 g/mol. The van der Waals surface area contributed by atoms with Crippen molar-refractivity contribution in [2.45, 2.75) is 25.3 Å². The molecule has 0 amide bonds. The fourth-order valence-electron chi connectivity index (χ4n) is 4.29. The first kappa shape index (κ1) is 15.8. The van der Waals surface area contributed by atoms with Gasteiger partial charge >= 0.3 is 0 Å². The van der Waals surface area contributed by atoms with E-state index in [1.807, 2.05) is 30.3 Å². The van der Waals surface area contributed by atoms with Crippen LogP contribution in [0.3, 0.4) is 0 Å². The third-order valence-corrected chi connectivity index (χ3v) is 5.58. The van der Waals surface area contributed by atoms with Gasteiger partial charge in [0.05, 0.1) is 17.1 Å². The van der Waals surface area contributed by atoms with Gasteiger partial charge in [0.25, 0.3) is 5.91 Å². The van der Waals surface area contributed by atoms with E-state index in [9.17, 15) is 10.1 Å². The highest BCUT2D eigenvalue weighted by molar-refractivity contribution is 5.99. The fourth-order valence-corrected chi connectivity index (χ4v) is 4.29. The number of rotatable bonds is 2. The fraction of sp³-hybridized carbons (Fsp3) is 0.227. The van der Waals surface area contributed by atoms with E-state index in [1.54, 1.807) is 10.6 Å². The summed E-state index contributed by atoms with van der Waals surface area (Å²) in [6.45, 7) is 2.74. The molecule has 5 nitrogen and oxygen atoms in total. The molecule has 3 heterocycles. The summed E-state index contributed by atoms with van der Waals surface area (Å²) < 4.78 is 1.58. The molecule has 0 bridgehead atoms. The van der Waals surface area contributed by atoms with Crippen molar-refractivity contribution < 1.29 is 4.79 Å². The Labute approximate surface area is 157 Å². The summed E-state index contributed by atoms with van der Waals surface area (Å²) >= 11 is 0. The molecule has 0 aliphatic carbocycles. The molecule has 0 unspecified atom stereocenters. The van der Waals surface area contributed by atoms with E-state index in [-0.39, 0.29) is 5.91 Å². The molecule has 0 fully saturated rings. The van der Waals surface area contributed by atoms with E-state index < -0.39 is 5.92 Å². The summed E-state index contributed by atoms with van der Waals surface area (Å²) in [6, 6.07) is 18.6. The van der Waals surface area contributed by atoms with Gasteiger partial charge in [0, 0.05) is 24.4 Å². The highest BCUT2D eigenvalue weighted by Gasteiger charge is 2.34. The molecule has 1 aromatic heterocycles. The molecule has 0 saturated heterocycles. The molecule has 2 aliphatic heterocycles. The van der Waals surface area contributed by atoms with Crippen molar-refractivity contribution in [3.8, 4) is 6.07 Å². The number of benzene rings is 2. The Kier molecular flexibility index (Phi) is 3.41. The summed E-state index contributed by atoms with van der Waals surface area (Å²) in [4.78, 5) is 19.7. The van der Waals surface area contributed by atoms with Crippen molar-refractivity contribution in [3.05, 3.63) is 71.6 Å². The van der Waals surface area contributed by atoms with Crippen LogP contribution in [-0.2, 0) is 6.42 Å². The second kappa shape index (κ2) is 5.82. The molecule has 0 N–H and O–H groups in total. The first-order valence-corrected chi connectivity index (χ1v) is 9.13. The molecule has 0 spiro atoms. The normalized spacial score (nSPS) is 21.0. The Balaban J connectivity index is 1.57. The van der Waals surface area contributed by atoms with Gasteiger partial charge in [-0.05, 0) is 42.7 Å². The predicted molar refractivity (Wildman–Crippen MR) is 104 cm³/mol. The number of para-hydroxylation sites is 3. The van der Waals surface area contributed by atoms with Crippen LogP contribution in [0.2, 0.25) is 0 Å². The minimum absolute atomic E-state index is 0.125. The molecule has 5 rings (SSSR count). The highest BCUT2D eigenvalue weighted by Crippen LogP contribution is 2.36. The van der Waals surface area contributed by atoms with Crippen LogP contribution in [0.5, 0.6) is 0 Å². The number of fused-ring (bicyclic) bond motifs is 4. The average molecular weight is 354 g/mol. The lowest BCUT2D eigenvalue weighted by Crippen LogP contribution is -2.34. The Hall–Kier alpha value is -3.39. The van der Waals surface area contributed by atoms with Crippen molar-refractivity contribution in [2.24, 2.45) is 0 Å². The number of carbonyl (C=O) groups is 1. The summed E-state index contributed by atoms with van der Waals surface area (Å²) in [5, 5.41) is 9.88. The average Bonchev–Trinajstić information content (AvgIpc) is 3.20. The van der Waals surface area contributed by atoms with Crippen molar-refractivity contribution in [2.75, 3.05) is 11.4 Å². The molecule has 27 heavy (non-hydrogen) atoms. The van der Waals surface area contributed by atoms with Gasteiger partial charge in [0.15, 0.2) is 0 Å². The lowest BCUT2D eigenvalue weighted by molar-refractivity contribution is 0.0964. The standard InChI is InChI=1S/C22H18N4O/c1-14-10-15-6-2-4-8-19(15)25(14)13-16-11-21(27)26-20-9-5-3-7-18(20)24-22(26)17(16)12-23/h2-9,11,14,17H,10,13H2,1H3/t14-,17+/m1/s1. The van der Waals surface area contributed by atoms with E-state index in [2.05, 4.69) is 41.1 Å². The summed E-state index contributed by atoms with van der Waals surface area (Å²) in [5.41, 5.74) is 4.82. The smallest absolute Gasteiger partial charge is 0.256 e. The molecule has 3 aromatic rings. The van der Waals surface area contributed by atoms with Crippen molar-refractivity contribution in [1.29, 1.82) is 5.26 Å². The molecule has 0 radical (unpaired) electrons. The monoisotopic (exact) mass is 354 g/mol. The molecule has 2 atom stereocenters. The molecule has 132 valence electrons. The van der Waals surface area contributed by atoms with E-state index in [0.717, 1.165) is 23.0 Å². The number of aromatic nitrogens is 2. The first-order chi connectivity index (χ1) is 13.2. The number of carbonyl (C=O) groups excluding carboxylic acids is 1. The Bertz CT molecular complexity index is 1150. The third kappa shape index (κ3) is 2.30. The van der Waals surface area contributed by atoms with E-state index in [0.29, 0.717) is 18.4 Å². The van der Waals surface area contributed by atoms with Gasteiger partial charge in [-0.25, -0.2) is 4.98 Å². The molecule has 2 aromatic carbocycles. The summed E-state index contributed by atoms with van der Waals surface area (Å²) in [7, 11) is 0. The number of imidazole rings is 1. The maximum Gasteiger partial charge on any atom is 0.256 e. The Morgan fingerprint density at radius 3 is 2.81 bits per heavy atom. The van der Waals surface area contributed by atoms with Gasteiger partial charge < -0.3 is 4.90 Å². The largest absolute Gasteiger partial charge is 0.364 e. The molecular formula is C22H18N4O. The SMILES string of the molecule is C[C@@H]1Cc2ccccc2N1CC1=CC(=O)n2c(nc3ccccc32)[C@H]1C#N. The number of nitrogens with zero attached hydrogens (tertiary/aromatic N) is 4. The van der Waals surface area contributed by atoms with Gasteiger partial charge in [-0.2, -0.15) is 5.26 Å². The lowest BCUT2D eigenvalue weighted by atomic mass is 9.95. The van der Waals surface area contributed by atoms with Crippen LogP contribution < -0.4 is 4.90 Å². The zero-order valence-corrected chi connectivity index (χ0v) is 15.0. The second-order valence-electron chi connectivity index (χ2n) is 7.22. The first-order valence-electron chi connectivity index (χ1n) is 9.13. The highest BCUT2D eigenvalue weighted by atomic mass is 16.2. The van der Waals surface area contributed by atoms with E-state index in [4.69, 9.17) is 0 Å². The van der Waals surface area contributed by atoms with Crippen LogP contribution in [0.4, 0.5) is 5.69 Å². The minimum Gasteiger partial charge on any atom is -0.364 e. The Morgan fingerprint density at radius 2 is 1.96 bits per heavy atom. The second-order valence-corrected chi connectivity index (χ2v) is 7.22. The number of hydrogen-bond acceptors (Lipinski definition) is 4. The van der Waals surface area contributed by atoms with Crippen molar-refractivity contribution in [3.63, 3.8) is 0 Å². The summed E-state index contributed by atoms with van der Waals surface area (Å²) in [6.07, 6.45) is 2.61. The lowest BCUT2D eigenvalue weighted by Gasteiger charge is -2.29. The molecule has 2 aliphatic rings. The van der Waals surface area contributed by atoms with Crippen molar-refractivity contribution >= 4 is 22.6 Å². The van der Waals surface area contributed by atoms with Gasteiger partial charge in [-0.1, -0.05) is 30.3 Å². The number of anilines is 1. The maximum atomic E-state index is 12.9. The molecule has 5 heteroatoms. The van der Waals surface area contributed by atoms with Crippen LogP contribution in [0.25, 0.3) is 11.0 Å². The predicted octanol–water partition coefficient (Wildman–Crippen LogP) is 3.67. The number of allylic oxidation sites excluding steroid dienone is 1. The zero-order chi connectivity index (χ0) is 18.5. The quantitative estimate of drug-likeness (QED) is 0.704. The zero-order valence-electron chi connectivity index (χ0n) is 15.0.